The number of aromatic amines is 1. The van der Waals surface area contributed by atoms with Crippen LogP contribution in [-0.4, -0.2) is 29.1 Å². The summed E-state index contributed by atoms with van der Waals surface area (Å²) >= 11 is 11.6. The maximum Gasteiger partial charge on any atom is 0.179 e. The molecule has 0 amide bonds. The van der Waals surface area contributed by atoms with Gasteiger partial charge in [-0.05, 0) is 12.2 Å². The van der Waals surface area contributed by atoms with Gasteiger partial charge in [-0.15, -0.1) is 0 Å². The molecule has 1 N–H and O–H groups in total. The van der Waals surface area contributed by atoms with Gasteiger partial charge in [-0.2, -0.15) is 5.10 Å². The lowest BCUT2D eigenvalue weighted by atomic mass is 10.4. The van der Waals surface area contributed by atoms with Gasteiger partial charge in [-0.1, -0.05) is 11.6 Å². The third-order valence-electron chi connectivity index (χ3n) is 3.33. The highest BCUT2D eigenvalue weighted by Gasteiger charge is 2.15. The van der Waals surface area contributed by atoms with Crippen molar-refractivity contribution >= 4 is 40.5 Å². The van der Waals surface area contributed by atoms with Gasteiger partial charge in [0.25, 0.3) is 0 Å². The maximum atomic E-state index is 6.43. The monoisotopic (exact) mass is 332 g/mol. The SMILES string of the molecule is Cn1c(=S)[nH]c2ncc(Oc3cnn4ccncc34)c(Cl)c21. The van der Waals surface area contributed by atoms with E-state index >= 15 is 0 Å². The molecule has 4 aromatic rings. The van der Waals surface area contributed by atoms with Crippen LogP contribution in [0.4, 0.5) is 0 Å². The molecular weight excluding hydrogens is 324 g/mol. The van der Waals surface area contributed by atoms with Crippen LogP contribution in [0.1, 0.15) is 0 Å². The van der Waals surface area contributed by atoms with Crippen molar-refractivity contribution in [3.8, 4) is 11.5 Å². The number of pyridine rings is 1. The summed E-state index contributed by atoms with van der Waals surface area (Å²) in [6, 6.07) is 0. The molecule has 0 aromatic carbocycles. The van der Waals surface area contributed by atoms with Crippen LogP contribution < -0.4 is 4.74 Å². The Morgan fingerprint density at radius 2 is 2.14 bits per heavy atom. The molecule has 0 saturated heterocycles. The van der Waals surface area contributed by atoms with Crippen molar-refractivity contribution in [1.29, 1.82) is 0 Å². The van der Waals surface area contributed by atoms with Gasteiger partial charge in [-0.25, -0.2) is 9.50 Å². The summed E-state index contributed by atoms with van der Waals surface area (Å²) < 4.78 is 9.82. The van der Waals surface area contributed by atoms with E-state index in [0.29, 0.717) is 32.5 Å². The molecule has 0 atom stereocenters. The van der Waals surface area contributed by atoms with E-state index in [0.717, 1.165) is 5.52 Å². The third kappa shape index (κ3) is 1.88. The lowest BCUT2D eigenvalue weighted by Crippen LogP contribution is -1.92. The molecule has 0 bridgehead atoms. The zero-order chi connectivity index (χ0) is 15.3. The largest absolute Gasteiger partial charge is 0.450 e. The van der Waals surface area contributed by atoms with Gasteiger partial charge in [0.2, 0.25) is 0 Å². The standard InChI is InChI=1S/C13H9ClN6OS/c1-19-11-10(14)9(5-16-12(11)18-13(19)22)21-8-6-17-20-3-2-15-4-7(8)20/h2-6H,1H3,(H,16,18,22). The minimum Gasteiger partial charge on any atom is -0.450 e. The van der Waals surface area contributed by atoms with E-state index in [9.17, 15) is 0 Å². The Balaban J connectivity index is 1.86. The number of nitrogens with zero attached hydrogens (tertiary/aromatic N) is 5. The Hall–Kier alpha value is -2.45. The normalized spacial score (nSPS) is 11.4. The van der Waals surface area contributed by atoms with Crippen LogP contribution in [0.3, 0.4) is 0 Å². The molecule has 110 valence electrons. The predicted octanol–water partition coefficient (Wildman–Crippen LogP) is 3.12. The Morgan fingerprint density at radius 1 is 1.27 bits per heavy atom. The van der Waals surface area contributed by atoms with E-state index in [2.05, 4.69) is 20.1 Å². The van der Waals surface area contributed by atoms with Crippen molar-refractivity contribution in [2.75, 3.05) is 0 Å². The average Bonchev–Trinajstić information content (AvgIpc) is 3.05. The number of imidazole rings is 1. The minimum absolute atomic E-state index is 0.428. The van der Waals surface area contributed by atoms with Gasteiger partial charge in [-0.3, -0.25) is 4.98 Å². The quantitative estimate of drug-likeness (QED) is 0.571. The van der Waals surface area contributed by atoms with Gasteiger partial charge in [0.15, 0.2) is 21.9 Å². The van der Waals surface area contributed by atoms with Crippen molar-refractivity contribution in [2.24, 2.45) is 7.05 Å². The first-order valence-corrected chi connectivity index (χ1v) is 7.12. The molecule has 0 saturated carbocycles. The summed E-state index contributed by atoms with van der Waals surface area (Å²) in [6.45, 7) is 0. The van der Waals surface area contributed by atoms with Gasteiger partial charge in [0, 0.05) is 19.4 Å². The summed E-state index contributed by atoms with van der Waals surface area (Å²) in [4.78, 5) is 11.3. The van der Waals surface area contributed by atoms with Crippen LogP contribution in [0, 0.1) is 4.77 Å². The van der Waals surface area contributed by atoms with E-state index < -0.39 is 0 Å². The molecule has 0 aliphatic rings. The number of hydrogen-bond donors (Lipinski definition) is 1. The Bertz CT molecular complexity index is 1070. The van der Waals surface area contributed by atoms with Crippen LogP contribution in [0.25, 0.3) is 16.7 Å². The highest BCUT2D eigenvalue weighted by molar-refractivity contribution is 7.71. The fourth-order valence-electron chi connectivity index (χ4n) is 2.23. The van der Waals surface area contributed by atoms with Gasteiger partial charge in [0.1, 0.15) is 16.1 Å². The zero-order valence-corrected chi connectivity index (χ0v) is 12.9. The number of ether oxygens (including phenoxy) is 1. The summed E-state index contributed by atoms with van der Waals surface area (Å²) in [5, 5.41) is 4.62. The number of aryl methyl sites for hydroxylation is 1. The molecule has 0 aliphatic carbocycles. The predicted molar refractivity (Wildman–Crippen MR) is 84.0 cm³/mol. The third-order valence-corrected chi connectivity index (χ3v) is 4.08. The van der Waals surface area contributed by atoms with E-state index in [1.54, 1.807) is 40.1 Å². The van der Waals surface area contributed by atoms with Crippen LogP contribution in [-0.2, 0) is 7.05 Å². The zero-order valence-electron chi connectivity index (χ0n) is 11.3. The molecule has 4 aromatic heterocycles. The molecular formula is C13H9ClN6OS. The number of fused-ring (bicyclic) bond motifs is 2. The average molecular weight is 333 g/mol. The number of rotatable bonds is 2. The van der Waals surface area contributed by atoms with Crippen LogP contribution >= 0.6 is 23.8 Å². The molecule has 0 radical (unpaired) electrons. The summed E-state index contributed by atoms with van der Waals surface area (Å²) in [5.41, 5.74) is 2.05. The Kier molecular flexibility index (Phi) is 2.88. The van der Waals surface area contributed by atoms with Crippen molar-refractivity contribution in [2.45, 2.75) is 0 Å². The Morgan fingerprint density at radius 3 is 3.00 bits per heavy atom. The van der Waals surface area contributed by atoms with E-state index in [-0.39, 0.29) is 0 Å². The van der Waals surface area contributed by atoms with Crippen LogP contribution in [0.5, 0.6) is 11.5 Å². The second kappa shape index (κ2) is 4.79. The van der Waals surface area contributed by atoms with E-state index in [1.165, 1.54) is 0 Å². The minimum atomic E-state index is 0.428. The first kappa shape index (κ1) is 13.2. The van der Waals surface area contributed by atoms with Crippen LogP contribution in [0.15, 0.2) is 31.0 Å². The molecule has 0 fully saturated rings. The van der Waals surface area contributed by atoms with Crippen LogP contribution in [0.2, 0.25) is 5.02 Å². The van der Waals surface area contributed by atoms with Crippen molar-refractivity contribution in [3.05, 3.63) is 40.8 Å². The van der Waals surface area contributed by atoms with Gasteiger partial charge < -0.3 is 14.3 Å². The first-order chi connectivity index (χ1) is 10.6. The van der Waals surface area contributed by atoms with Crippen molar-refractivity contribution < 1.29 is 4.74 Å². The lowest BCUT2D eigenvalue weighted by Gasteiger charge is -2.07. The van der Waals surface area contributed by atoms with Gasteiger partial charge >= 0.3 is 0 Å². The summed E-state index contributed by atoms with van der Waals surface area (Å²) in [7, 11) is 1.82. The smallest absolute Gasteiger partial charge is 0.179 e. The summed E-state index contributed by atoms with van der Waals surface area (Å²) in [5.74, 6) is 0.977. The number of aromatic nitrogens is 6. The van der Waals surface area contributed by atoms with Crippen molar-refractivity contribution in [3.63, 3.8) is 0 Å². The molecule has 0 spiro atoms. The molecule has 22 heavy (non-hydrogen) atoms. The molecule has 0 unspecified atom stereocenters. The van der Waals surface area contributed by atoms with E-state index in [4.69, 9.17) is 28.6 Å². The fraction of sp³-hybridized carbons (Fsp3) is 0.0769. The van der Waals surface area contributed by atoms with E-state index in [1.807, 2.05) is 7.05 Å². The highest BCUT2D eigenvalue weighted by atomic mass is 35.5. The molecule has 0 aliphatic heterocycles. The number of nitrogens with one attached hydrogen (secondary N) is 1. The van der Waals surface area contributed by atoms with Gasteiger partial charge in [0.05, 0.1) is 18.6 Å². The Labute approximate surface area is 134 Å². The fourth-order valence-corrected chi connectivity index (χ4v) is 2.72. The second-order valence-electron chi connectivity index (χ2n) is 4.64. The number of halogens is 1. The maximum absolute atomic E-state index is 6.43. The molecule has 7 nitrogen and oxygen atoms in total. The van der Waals surface area contributed by atoms with Crippen molar-refractivity contribution in [1.82, 2.24) is 29.1 Å². The topological polar surface area (TPSA) is 73.0 Å². The number of hydrogen-bond acceptors (Lipinski definition) is 5. The number of H-pyrrole nitrogens is 1. The molecule has 9 heteroatoms. The summed E-state index contributed by atoms with van der Waals surface area (Å²) in [6.07, 6.45) is 8.21. The second-order valence-corrected chi connectivity index (χ2v) is 5.40. The first-order valence-electron chi connectivity index (χ1n) is 6.33. The molecule has 4 heterocycles. The lowest BCUT2D eigenvalue weighted by molar-refractivity contribution is 0.486. The molecule has 4 rings (SSSR count). The highest BCUT2D eigenvalue weighted by Crippen LogP contribution is 2.35.